The van der Waals surface area contributed by atoms with Crippen LogP contribution < -0.4 is 4.72 Å². The lowest BCUT2D eigenvalue weighted by Gasteiger charge is -2.04. The maximum absolute atomic E-state index is 12.3. The van der Waals surface area contributed by atoms with Crippen LogP contribution in [0.1, 0.15) is 5.76 Å². The van der Waals surface area contributed by atoms with Gasteiger partial charge in [-0.2, -0.15) is 8.75 Å². The van der Waals surface area contributed by atoms with Crippen molar-refractivity contribution in [3.63, 3.8) is 0 Å². The fourth-order valence-electron chi connectivity index (χ4n) is 1.61. The van der Waals surface area contributed by atoms with E-state index in [0.29, 0.717) is 16.8 Å². The monoisotopic (exact) mass is 296 g/mol. The molecular formula is C10H8N4O3S2. The Kier molecular flexibility index (Phi) is 2.72. The molecule has 1 N–H and O–H groups in total. The maximum atomic E-state index is 12.3. The van der Waals surface area contributed by atoms with Gasteiger partial charge in [-0.15, -0.1) is 0 Å². The van der Waals surface area contributed by atoms with Gasteiger partial charge in [0.25, 0.3) is 10.0 Å². The third-order valence-electron chi connectivity index (χ3n) is 2.41. The van der Waals surface area contributed by atoms with Gasteiger partial charge in [0.15, 0.2) is 5.82 Å². The van der Waals surface area contributed by atoms with Crippen molar-refractivity contribution in [2.45, 2.75) is 11.8 Å². The smallest absolute Gasteiger partial charge is 0.265 e. The quantitative estimate of drug-likeness (QED) is 0.791. The van der Waals surface area contributed by atoms with Crippen molar-refractivity contribution in [2.24, 2.45) is 0 Å². The molecule has 0 saturated carbocycles. The highest BCUT2D eigenvalue weighted by Crippen LogP contribution is 2.23. The second-order valence-electron chi connectivity index (χ2n) is 3.82. The van der Waals surface area contributed by atoms with Crippen LogP contribution in [-0.4, -0.2) is 22.3 Å². The summed E-state index contributed by atoms with van der Waals surface area (Å²) in [6.45, 7) is 1.68. The molecule has 2 heterocycles. The topological polar surface area (TPSA) is 98.0 Å². The van der Waals surface area contributed by atoms with Crippen LogP contribution in [0.25, 0.3) is 11.0 Å². The predicted octanol–water partition coefficient (Wildman–Crippen LogP) is 1.79. The van der Waals surface area contributed by atoms with Gasteiger partial charge < -0.3 is 4.52 Å². The summed E-state index contributed by atoms with van der Waals surface area (Å²) in [4.78, 5) is 0.0689. The summed E-state index contributed by atoms with van der Waals surface area (Å²) in [5.74, 6) is 0.656. The lowest BCUT2D eigenvalue weighted by atomic mass is 10.3. The highest BCUT2D eigenvalue weighted by molar-refractivity contribution is 7.93. The summed E-state index contributed by atoms with van der Waals surface area (Å²) in [5, 5.41) is 3.60. The zero-order valence-electron chi connectivity index (χ0n) is 9.69. The molecule has 3 rings (SSSR count). The normalized spacial score (nSPS) is 11.8. The van der Waals surface area contributed by atoms with E-state index in [1.807, 2.05) is 0 Å². The molecule has 0 bridgehead atoms. The minimum atomic E-state index is -3.76. The van der Waals surface area contributed by atoms with E-state index < -0.39 is 10.0 Å². The molecule has 0 fully saturated rings. The summed E-state index contributed by atoms with van der Waals surface area (Å²) in [6, 6.07) is 6.29. The summed E-state index contributed by atoms with van der Waals surface area (Å²) < 4.78 is 39.7. The average molecular weight is 296 g/mol. The molecule has 0 amide bonds. The van der Waals surface area contributed by atoms with E-state index in [-0.39, 0.29) is 10.7 Å². The van der Waals surface area contributed by atoms with Crippen LogP contribution in [-0.2, 0) is 10.0 Å². The number of aromatic nitrogens is 3. The van der Waals surface area contributed by atoms with E-state index in [4.69, 9.17) is 4.52 Å². The lowest BCUT2D eigenvalue weighted by Crippen LogP contribution is -2.13. The highest BCUT2D eigenvalue weighted by Gasteiger charge is 2.20. The molecule has 0 radical (unpaired) electrons. The van der Waals surface area contributed by atoms with E-state index in [1.54, 1.807) is 19.1 Å². The third kappa shape index (κ3) is 2.17. The zero-order valence-corrected chi connectivity index (χ0v) is 11.3. The summed E-state index contributed by atoms with van der Waals surface area (Å²) in [6.07, 6.45) is 0. The summed E-state index contributed by atoms with van der Waals surface area (Å²) in [7, 11) is -3.76. The summed E-state index contributed by atoms with van der Waals surface area (Å²) in [5.41, 5.74) is 0.893. The molecule has 0 unspecified atom stereocenters. The summed E-state index contributed by atoms with van der Waals surface area (Å²) >= 11 is 0.967. The van der Waals surface area contributed by atoms with Gasteiger partial charge >= 0.3 is 0 Å². The fourth-order valence-corrected chi connectivity index (χ4v) is 3.36. The SMILES string of the molecule is Cc1cc(NS(=O)(=O)c2cccc3nsnc23)no1. The first kappa shape index (κ1) is 12.1. The second kappa shape index (κ2) is 4.28. The first-order valence-corrected chi connectivity index (χ1v) is 7.45. The van der Waals surface area contributed by atoms with E-state index in [9.17, 15) is 8.42 Å². The van der Waals surface area contributed by atoms with Crippen LogP contribution >= 0.6 is 11.7 Å². The predicted molar refractivity (Wildman–Crippen MR) is 69.5 cm³/mol. The largest absolute Gasteiger partial charge is 0.360 e. The number of hydrogen-bond donors (Lipinski definition) is 1. The maximum Gasteiger partial charge on any atom is 0.265 e. The molecule has 3 aromatic rings. The van der Waals surface area contributed by atoms with Crippen molar-refractivity contribution in [3.8, 4) is 0 Å². The third-order valence-corrected chi connectivity index (χ3v) is 4.33. The number of nitrogens with zero attached hydrogens (tertiary/aromatic N) is 3. The Labute approximate surface area is 112 Å². The standard InChI is InChI=1S/C10H8N4O3S2/c1-6-5-9(11-17-6)14-19(15,16)8-4-2-3-7-10(8)13-18-12-7/h2-5H,1H3,(H,11,14). The van der Waals surface area contributed by atoms with Crippen LogP contribution in [0.15, 0.2) is 33.7 Å². The number of aryl methyl sites for hydroxylation is 1. The van der Waals surface area contributed by atoms with Gasteiger partial charge in [-0.25, -0.2) is 8.42 Å². The first-order valence-electron chi connectivity index (χ1n) is 5.24. The average Bonchev–Trinajstić information content (AvgIpc) is 2.96. The Morgan fingerprint density at radius 3 is 2.89 bits per heavy atom. The van der Waals surface area contributed by atoms with Crippen molar-refractivity contribution in [2.75, 3.05) is 4.72 Å². The number of anilines is 1. The first-order chi connectivity index (χ1) is 9.06. The van der Waals surface area contributed by atoms with Crippen LogP contribution in [0.3, 0.4) is 0 Å². The zero-order chi connectivity index (χ0) is 13.5. The van der Waals surface area contributed by atoms with Crippen molar-refractivity contribution >= 4 is 38.6 Å². The van der Waals surface area contributed by atoms with Crippen molar-refractivity contribution < 1.29 is 12.9 Å². The molecule has 19 heavy (non-hydrogen) atoms. The Balaban J connectivity index is 2.07. The van der Waals surface area contributed by atoms with E-state index in [2.05, 4.69) is 18.6 Å². The fraction of sp³-hybridized carbons (Fsp3) is 0.100. The van der Waals surface area contributed by atoms with Crippen LogP contribution in [0, 0.1) is 6.92 Å². The van der Waals surface area contributed by atoms with E-state index in [0.717, 1.165) is 11.7 Å². The van der Waals surface area contributed by atoms with Crippen molar-refractivity contribution in [1.82, 2.24) is 13.9 Å². The number of rotatable bonds is 3. The molecule has 0 spiro atoms. The van der Waals surface area contributed by atoms with Gasteiger partial charge in [-0.05, 0) is 19.1 Å². The Morgan fingerprint density at radius 2 is 2.16 bits per heavy atom. The highest BCUT2D eigenvalue weighted by atomic mass is 32.2. The minimum Gasteiger partial charge on any atom is -0.360 e. The number of sulfonamides is 1. The number of nitrogens with one attached hydrogen (secondary N) is 1. The molecule has 98 valence electrons. The molecule has 7 nitrogen and oxygen atoms in total. The molecule has 1 aromatic carbocycles. The van der Waals surface area contributed by atoms with Gasteiger partial charge in [0.2, 0.25) is 0 Å². The van der Waals surface area contributed by atoms with Gasteiger partial charge in [-0.1, -0.05) is 11.2 Å². The van der Waals surface area contributed by atoms with Crippen molar-refractivity contribution in [1.29, 1.82) is 0 Å². The molecule has 0 saturated heterocycles. The Hall–Kier alpha value is -2.00. The molecule has 0 aliphatic heterocycles. The van der Waals surface area contributed by atoms with Crippen LogP contribution in [0.2, 0.25) is 0 Å². The molecule has 0 aliphatic rings. The molecule has 2 aromatic heterocycles. The molecule has 0 aliphatic carbocycles. The van der Waals surface area contributed by atoms with Gasteiger partial charge in [0.1, 0.15) is 21.7 Å². The lowest BCUT2D eigenvalue weighted by molar-refractivity contribution is 0.400. The van der Waals surface area contributed by atoms with Gasteiger partial charge in [0, 0.05) is 6.07 Å². The Bertz CT molecular complexity index is 837. The number of benzene rings is 1. The van der Waals surface area contributed by atoms with Crippen LogP contribution in [0.5, 0.6) is 0 Å². The molecule has 0 atom stereocenters. The number of fused-ring (bicyclic) bond motifs is 1. The van der Waals surface area contributed by atoms with E-state index >= 15 is 0 Å². The Morgan fingerprint density at radius 1 is 1.32 bits per heavy atom. The van der Waals surface area contributed by atoms with Gasteiger partial charge in [0.05, 0.1) is 11.7 Å². The van der Waals surface area contributed by atoms with Gasteiger partial charge in [-0.3, -0.25) is 4.72 Å². The number of hydrogen-bond acceptors (Lipinski definition) is 7. The molecular weight excluding hydrogens is 288 g/mol. The second-order valence-corrected chi connectivity index (χ2v) is 6.00. The molecule has 9 heteroatoms. The minimum absolute atomic E-state index is 0.0689. The van der Waals surface area contributed by atoms with Crippen LogP contribution in [0.4, 0.5) is 5.82 Å². The van der Waals surface area contributed by atoms with Crippen molar-refractivity contribution in [3.05, 3.63) is 30.0 Å². The van der Waals surface area contributed by atoms with E-state index in [1.165, 1.54) is 12.1 Å².